The first kappa shape index (κ1) is 12.6. The molecule has 17 heavy (non-hydrogen) atoms. The minimum absolute atomic E-state index is 0.226. The van der Waals surface area contributed by atoms with Gasteiger partial charge in [0.1, 0.15) is 0 Å². The van der Waals surface area contributed by atoms with Gasteiger partial charge in [-0.3, -0.25) is 4.90 Å². The van der Waals surface area contributed by atoms with Crippen molar-refractivity contribution in [2.75, 3.05) is 19.7 Å². The lowest BCUT2D eigenvalue weighted by molar-refractivity contribution is -0.0596. The molecule has 1 heterocycles. The van der Waals surface area contributed by atoms with Crippen LogP contribution in [0.4, 0.5) is 0 Å². The summed E-state index contributed by atoms with van der Waals surface area (Å²) in [6.07, 6.45) is 0.226. The molecule has 0 radical (unpaired) electrons. The molecule has 2 nitrogen and oxygen atoms in total. The minimum Gasteiger partial charge on any atom is -0.371 e. The molecule has 1 atom stereocenters. The molecule has 2 heteroatoms. The SMILES string of the molecule is Cc1ccc(C2CN(C(C)(C)C)CCO2)cc1. The molecule has 0 N–H and O–H groups in total. The largest absolute Gasteiger partial charge is 0.371 e. The highest BCUT2D eigenvalue weighted by atomic mass is 16.5. The van der Waals surface area contributed by atoms with Crippen molar-refractivity contribution >= 4 is 0 Å². The lowest BCUT2D eigenvalue weighted by Crippen LogP contribution is -2.48. The van der Waals surface area contributed by atoms with Gasteiger partial charge in [0.2, 0.25) is 0 Å². The summed E-state index contributed by atoms with van der Waals surface area (Å²) in [6.45, 7) is 11.8. The van der Waals surface area contributed by atoms with E-state index >= 15 is 0 Å². The Morgan fingerprint density at radius 1 is 1.18 bits per heavy atom. The number of hydrogen-bond acceptors (Lipinski definition) is 2. The Morgan fingerprint density at radius 3 is 2.41 bits per heavy atom. The summed E-state index contributed by atoms with van der Waals surface area (Å²) in [5.41, 5.74) is 2.83. The van der Waals surface area contributed by atoms with Crippen LogP contribution >= 0.6 is 0 Å². The van der Waals surface area contributed by atoms with Crippen molar-refractivity contribution in [3.05, 3.63) is 35.4 Å². The maximum absolute atomic E-state index is 5.89. The first-order valence-electron chi connectivity index (χ1n) is 6.40. The summed E-state index contributed by atoms with van der Waals surface area (Å²) in [4.78, 5) is 2.50. The molecule has 0 saturated carbocycles. The van der Waals surface area contributed by atoms with Gasteiger partial charge in [-0.25, -0.2) is 0 Å². The Balaban J connectivity index is 2.09. The summed E-state index contributed by atoms with van der Waals surface area (Å²) in [6, 6.07) is 8.70. The third-order valence-corrected chi connectivity index (χ3v) is 3.46. The van der Waals surface area contributed by atoms with Crippen molar-refractivity contribution in [1.82, 2.24) is 4.90 Å². The molecule has 1 aliphatic heterocycles. The minimum atomic E-state index is 0.226. The normalized spacial score (nSPS) is 22.7. The Kier molecular flexibility index (Phi) is 3.55. The molecule has 0 aromatic heterocycles. The summed E-state index contributed by atoms with van der Waals surface area (Å²) in [5, 5.41) is 0. The summed E-state index contributed by atoms with van der Waals surface area (Å²) in [5.74, 6) is 0. The fraction of sp³-hybridized carbons (Fsp3) is 0.600. The van der Waals surface area contributed by atoms with E-state index in [0.29, 0.717) is 0 Å². The van der Waals surface area contributed by atoms with Gasteiger partial charge in [-0.2, -0.15) is 0 Å². The first-order chi connectivity index (χ1) is 7.97. The van der Waals surface area contributed by atoms with Gasteiger partial charge in [-0.1, -0.05) is 29.8 Å². The molecule has 1 saturated heterocycles. The molecule has 2 rings (SSSR count). The van der Waals surface area contributed by atoms with Crippen molar-refractivity contribution in [2.45, 2.75) is 39.3 Å². The van der Waals surface area contributed by atoms with Crippen LogP contribution in [-0.4, -0.2) is 30.1 Å². The molecule has 1 aromatic carbocycles. The maximum atomic E-state index is 5.89. The third kappa shape index (κ3) is 3.08. The number of benzene rings is 1. The Labute approximate surface area is 105 Å². The standard InChI is InChI=1S/C15H23NO/c1-12-5-7-13(8-6-12)14-11-16(9-10-17-14)15(2,3)4/h5-8,14H,9-11H2,1-4H3. The molecule has 1 unspecified atom stereocenters. The van der Waals surface area contributed by atoms with Gasteiger partial charge in [-0.15, -0.1) is 0 Å². The zero-order chi connectivity index (χ0) is 12.5. The topological polar surface area (TPSA) is 12.5 Å². The molecule has 0 amide bonds. The number of morpholine rings is 1. The van der Waals surface area contributed by atoms with Crippen molar-refractivity contribution in [3.63, 3.8) is 0 Å². The van der Waals surface area contributed by atoms with E-state index in [-0.39, 0.29) is 11.6 Å². The van der Waals surface area contributed by atoms with E-state index in [2.05, 4.69) is 56.9 Å². The van der Waals surface area contributed by atoms with Crippen molar-refractivity contribution in [2.24, 2.45) is 0 Å². The second kappa shape index (κ2) is 4.79. The Morgan fingerprint density at radius 2 is 1.82 bits per heavy atom. The van der Waals surface area contributed by atoms with Crippen LogP contribution in [-0.2, 0) is 4.74 Å². The predicted octanol–water partition coefficient (Wildman–Crippen LogP) is 3.17. The highest BCUT2D eigenvalue weighted by Gasteiger charge is 2.28. The van der Waals surface area contributed by atoms with Gasteiger partial charge in [-0.05, 0) is 33.3 Å². The fourth-order valence-corrected chi connectivity index (χ4v) is 2.24. The van der Waals surface area contributed by atoms with E-state index in [9.17, 15) is 0 Å². The van der Waals surface area contributed by atoms with Gasteiger partial charge in [0.15, 0.2) is 0 Å². The number of rotatable bonds is 1. The molecular weight excluding hydrogens is 210 g/mol. The van der Waals surface area contributed by atoms with Crippen molar-refractivity contribution < 1.29 is 4.74 Å². The molecular formula is C15H23NO. The van der Waals surface area contributed by atoms with E-state index in [1.54, 1.807) is 0 Å². The average molecular weight is 233 g/mol. The van der Waals surface area contributed by atoms with Crippen LogP contribution in [0, 0.1) is 6.92 Å². The number of ether oxygens (including phenoxy) is 1. The van der Waals surface area contributed by atoms with E-state index in [1.807, 2.05) is 0 Å². The monoisotopic (exact) mass is 233 g/mol. The Bertz CT molecular complexity index is 364. The molecule has 0 spiro atoms. The molecule has 1 aliphatic rings. The zero-order valence-electron chi connectivity index (χ0n) is 11.4. The van der Waals surface area contributed by atoms with E-state index in [4.69, 9.17) is 4.74 Å². The van der Waals surface area contributed by atoms with Crippen LogP contribution in [0.25, 0.3) is 0 Å². The summed E-state index contributed by atoms with van der Waals surface area (Å²) >= 11 is 0. The molecule has 0 bridgehead atoms. The second-order valence-corrected chi connectivity index (χ2v) is 5.89. The van der Waals surface area contributed by atoms with Crippen LogP contribution in [0.15, 0.2) is 24.3 Å². The van der Waals surface area contributed by atoms with Gasteiger partial charge in [0.05, 0.1) is 12.7 Å². The lowest BCUT2D eigenvalue weighted by atomic mass is 10.0. The highest BCUT2D eigenvalue weighted by Crippen LogP contribution is 2.26. The van der Waals surface area contributed by atoms with Crippen LogP contribution < -0.4 is 0 Å². The van der Waals surface area contributed by atoms with Crippen molar-refractivity contribution in [1.29, 1.82) is 0 Å². The summed E-state index contributed by atoms with van der Waals surface area (Å²) < 4.78 is 5.89. The third-order valence-electron chi connectivity index (χ3n) is 3.46. The maximum Gasteiger partial charge on any atom is 0.0952 e. The number of hydrogen-bond donors (Lipinski definition) is 0. The molecule has 1 fully saturated rings. The predicted molar refractivity (Wildman–Crippen MR) is 71.2 cm³/mol. The molecule has 0 aliphatic carbocycles. The smallest absolute Gasteiger partial charge is 0.0952 e. The van der Waals surface area contributed by atoms with Crippen LogP contribution in [0.3, 0.4) is 0 Å². The second-order valence-electron chi connectivity index (χ2n) is 5.89. The van der Waals surface area contributed by atoms with Crippen LogP contribution in [0.2, 0.25) is 0 Å². The van der Waals surface area contributed by atoms with Crippen LogP contribution in [0.5, 0.6) is 0 Å². The summed E-state index contributed by atoms with van der Waals surface area (Å²) in [7, 11) is 0. The van der Waals surface area contributed by atoms with Crippen molar-refractivity contribution in [3.8, 4) is 0 Å². The molecule has 1 aromatic rings. The van der Waals surface area contributed by atoms with Gasteiger partial charge < -0.3 is 4.74 Å². The average Bonchev–Trinajstić information content (AvgIpc) is 2.29. The first-order valence-corrected chi connectivity index (χ1v) is 6.40. The fourth-order valence-electron chi connectivity index (χ4n) is 2.24. The molecule has 94 valence electrons. The van der Waals surface area contributed by atoms with E-state index in [0.717, 1.165) is 19.7 Å². The number of aryl methyl sites for hydroxylation is 1. The van der Waals surface area contributed by atoms with E-state index < -0.39 is 0 Å². The zero-order valence-corrected chi connectivity index (χ0v) is 11.4. The van der Waals surface area contributed by atoms with Crippen LogP contribution in [0.1, 0.15) is 38.0 Å². The van der Waals surface area contributed by atoms with Gasteiger partial charge >= 0.3 is 0 Å². The van der Waals surface area contributed by atoms with Gasteiger partial charge in [0, 0.05) is 18.6 Å². The van der Waals surface area contributed by atoms with E-state index in [1.165, 1.54) is 11.1 Å². The quantitative estimate of drug-likeness (QED) is 0.738. The lowest BCUT2D eigenvalue weighted by Gasteiger charge is -2.41. The Hall–Kier alpha value is -0.860. The highest BCUT2D eigenvalue weighted by molar-refractivity contribution is 5.23. The number of nitrogens with zero attached hydrogens (tertiary/aromatic N) is 1. The van der Waals surface area contributed by atoms with Gasteiger partial charge in [0.25, 0.3) is 0 Å².